The molecule has 6 heteroatoms. The van der Waals surface area contributed by atoms with Gasteiger partial charge in [0.1, 0.15) is 5.78 Å². The fraction of sp³-hybridized carbons (Fsp3) is 0.467. The molecule has 21 heavy (non-hydrogen) atoms. The molecular weight excluding hydrogens is 284 g/mol. The summed E-state index contributed by atoms with van der Waals surface area (Å²) >= 11 is 1.45. The summed E-state index contributed by atoms with van der Waals surface area (Å²) in [4.78, 5) is 16.0. The Morgan fingerprint density at radius 3 is 2.48 bits per heavy atom. The molecule has 0 aliphatic carbocycles. The Morgan fingerprint density at radius 1 is 1.24 bits per heavy atom. The van der Waals surface area contributed by atoms with Crippen LogP contribution in [0, 0.1) is 5.41 Å². The van der Waals surface area contributed by atoms with Gasteiger partial charge in [-0.1, -0.05) is 32.5 Å². The topological polar surface area (TPSA) is 60.7 Å². The van der Waals surface area contributed by atoms with Crippen molar-refractivity contribution in [2.24, 2.45) is 5.41 Å². The third-order valence-corrected chi connectivity index (χ3v) is 4.11. The second kappa shape index (κ2) is 6.39. The lowest BCUT2D eigenvalue weighted by atomic mass is 9.92. The molecule has 0 amide bonds. The van der Waals surface area contributed by atoms with Crippen molar-refractivity contribution in [3.63, 3.8) is 0 Å². The lowest BCUT2D eigenvalue weighted by Crippen LogP contribution is -2.22. The molecule has 0 atom stereocenters. The number of carbonyl (C=O) groups excluding carboxylic acids is 1. The van der Waals surface area contributed by atoms with Crippen LogP contribution in [0.15, 0.2) is 29.7 Å². The van der Waals surface area contributed by atoms with E-state index in [0.717, 1.165) is 23.1 Å². The van der Waals surface area contributed by atoms with Crippen molar-refractivity contribution in [2.45, 2.75) is 39.4 Å². The highest BCUT2D eigenvalue weighted by Crippen LogP contribution is 2.25. The van der Waals surface area contributed by atoms with E-state index in [4.69, 9.17) is 0 Å². The number of rotatable bonds is 5. The van der Waals surface area contributed by atoms with E-state index >= 15 is 0 Å². The predicted octanol–water partition coefficient (Wildman–Crippen LogP) is 3.07. The third-order valence-electron chi connectivity index (χ3n) is 3.14. The smallest absolute Gasteiger partial charge is 0.191 e. The van der Waals surface area contributed by atoms with Gasteiger partial charge in [0.15, 0.2) is 11.0 Å². The highest BCUT2D eigenvalue weighted by atomic mass is 32.2. The lowest BCUT2D eigenvalue weighted by molar-refractivity contribution is -0.123. The summed E-state index contributed by atoms with van der Waals surface area (Å²) in [5.74, 6) is 1.44. The monoisotopic (exact) mass is 304 g/mol. The first-order valence-corrected chi connectivity index (χ1v) is 7.91. The zero-order chi connectivity index (χ0) is 15.5. The SMILES string of the molecule is CCn1c(SCC(=O)C(C)(C)C)nnc1-c1ccncc1. The number of hydrogen-bond donors (Lipinski definition) is 0. The van der Waals surface area contributed by atoms with Gasteiger partial charge < -0.3 is 4.57 Å². The van der Waals surface area contributed by atoms with Crippen LogP contribution in [0.5, 0.6) is 0 Å². The number of hydrogen-bond acceptors (Lipinski definition) is 5. The number of thioether (sulfide) groups is 1. The maximum absolute atomic E-state index is 12.0. The number of Topliss-reactive ketones (excluding diaryl/α,β-unsaturated/α-hetero) is 1. The van der Waals surface area contributed by atoms with Crippen LogP contribution in [0.25, 0.3) is 11.4 Å². The van der Waals surface area contributed by atoms with Gasteiger partial charge in [0.2, 0.25) is 0 Å². The van der Waals surface area contributed by atoms with Crippen molar-refractivity contribution in [3.05, 3.63) is 24.5 Å². The first kappa shape index (κ1) is 15.7. The molecule has 5 nitrogen and oxygen atoms in total. The zero-order valence-electron chi connectivity index (χ0n) is 12.8. The Balaban J connectivity index is 2.19. The van der Waals surface area contributed by atoms with E-state index in [9.17, 15) is 4.79 Å². The van der Waals surface area contributed by atoms with E-state index in [0.29, 0.717) is 5.75 Å². The second-order valence-electron chi connectivity index (χ2n) is 5.75. The lowest BCUT2D eigenvalue weighted by Gasteiger charge is -2.15. The minimum atomic E-state index is -0.321. The number of pyridine rings is 1. The normalized spacial score (nSPS) is 11.6. The molecule has 2 heterocycles. The highest BCUT2D eigenvalue weighted by molar-refractivity contribution is 7.99. The Labute approximate surface area is 129 Å². The molecule has 2 rings (SSSR count). The molecule has 0 aliphatic rings. The molecule has 0 unspecified atom stereocenters. The summed E-state index contributed by atoms with van der Waals surface area (Å²) in [6.45, 7) is 8.61. The molecule has 0 saturated heterocycles. The fourth-order valence-electron chi connectivity index (χ4n) is 1.74. The van der Waals surface area contributed by atoms with Gasteiger partial charge in [-0.05, 0) is 19.1 Å². The van der Waals surface area contributed by atoms with Crippen LogP contribution in [0.4, 0.5) is 0 Å². The molecular formula is C15H20N4OS. The Morgan fingerprint density at radius 2 is 1.90 bits per heavy atom. The molecule has 0 N–H and O–H groups in total. The van der Waals surface area contributed by atoms with Crippen molar-refractivity contribution in [2.75, 3.05) is 5.75 Å². The van der Waals surface area contributed by atoms with E-state index in [1.165, 1.54) is 11.8 Å². The summed E-state index contributed by atoms with van der Waals surface area (Å²) < 4.78 is 2.02. The molecule has 0 radical (unpaired) electrons. The second-order valence-corrected chi connectivity index (χ2v) is 6.69. The van der Waals surface area contributed by atoms with Crippen molar-refractivity contribution < 1.29 is 4.79 Å². The first-order chi connectivity index (χ1) is 9.93. The van der Waals surface area contributed by atoms with E-state index in [1.54, 1.807) is 12.4 Å². The summed E-state index contributed by atoms with van der Waals surface area (Å²) in [7, 11) is 0. The molecule has 0 bridgehead atoms. The summed E-state index contributed by atoms with van der Waals surface area (Å²) in [5, 5.41) is 9.25. The van der Waals surface area contributed by atoms with E-state index < -0.39 is 0 Å². The van der Waals surface area contributed by atoms with Crippen LogP contribution >= 0.6 is 11.8 Å². The van der Waals surface area contributed by atoms with Crippen molar-refractivity contribution >= 4 is 17.5 Å². The highest BCUT2D eigenvalue weighted by Gasteiger charge is 2.22. The van der Waals surface area contributed by atoms with Gasteiger partial charge in [0.05, 0.1) is 5.75 Å². The predicted molar refractivity (Wildman–Crippen MR) is 84.1 cm³/mol. The quantitative estimate of drug-likeness (QED) is 0.794. The summed E-state index contributed by atoms with van der Waals surface area (Å²) in [5.41, 5.74) is 0.659. The molecule has 0 aliphatic heterocycles. The molecule has 0 saturated carbocycles. The minimum absolute atomic E-state index is 0.212. The summed E-state index contributed by atoms with van der Waals surface area (Å²) in [6, 6.07) is 3.82. The van der Waals surface area contributed by atoms with Gasteiger partial charge in [0, 0.05) is 29.9 Å². The van der Waals surface area contributed by atoms with Gasteiger partial charge in [-0.15, -0.1) is 10.2 Å². The third kappa shape index (κ3) is 3.69. The van der Waals surface area contributed by atoms with E-state index in [1.807, 2.05) is 44.4 Å². The minimum Gasteiger partial charge on any atom is -0.302 e. The van der Waals surface area contributed by atoms with Crippen LogP contribution in [0.1, 0.15) is 27.7 Å². The van der Waals surface area contributed by atoms with Gasteiger partial charge in [-0.2, -0.15) is 0 Å². The molecule has 0 aromatic carbocycles. The van der Waals surface area contributed by atoms with Crippen LogP contribution in [0.3, 0.4) is 0 Å². The van der Waals surface area contributed by atoms with Crippen molar-refractivity contribution in [1.29, 1.82) is 0 Å². The van der Waals surface area contributed by atoms with Crippen LogP contribution < -0.4 is 0 Å². The average molecular weight is 304 g/mol. The van der Waals surface area contributed by atoms with Crippen LogP contribution in [-0.2, 0) is 11.3 Å². The summed E-state index contributed by atoms with van der Waals surface area (Å²) in [6.07, 6.45) is 3.47. The maximum atomic E-state index is 12.0. The van der Waals surface area contributed by atoms with Gasteiger partial charge in [-0.25, -0.2) is 0 Å². The van der Waals surface area contributed by atoms with Gasteiger partial charge >= 0.3 is 0 Å². The first-order valence-electron chi connectivity index (χ1n) is 6.93. The molecule has 112 valence electrons. The molecule has 0 spiro atoms. The number of carbonyl (C=O) groups is 1. The van der Waals surface area contributed by atoms with Crippen molar-refractivity contribution in [3.8, 4) is 11.4 Å². The number of nitrogens with zero attached hydrogens (tertiary/aromatic N) is 4. The van der Waals surface area contributed by atoms with Gasteiger partial charge in [0.25, 0.3) is 0 Å². The zero-order valence-corrected chi connectivity index (χ0v) is 13.6. The number of ketones is 1. The van der Waals surface area contributed by atoms with E-state index in [-0.39, 0.29) is 11.2 Å². The standard InChI is InChI=1S/C15H20N4OS/c1-5-19-13(11-6-8-16-9-7-11)17-18-14(19)21-10-12(20)15(2,3)4/h6-9H,5,10H2,1-4H3. The molecule has 2 aromatic heterocycles. The number of aromatic nitrogens is 4. The van der Waals surface area contributed by atoms with Gasteiger partial charge in [-0.3, -0.25) is 9.78 Å². The fourth-order valence-corrected chi connectivity index (χ4v) is 2.90. The Kier molecular flexibility index (Phi) is 4.77. The molecule has 0 fully saturated rings. The Hall–Kier alpha value is -1.69. The Bertz CT molecular complexity index is 616. The largest absolute Gasteiger partial charge is 0.302 e. The van der Waals surface area contributed by atoms with Crippen molar-refractivity contribution in [1.82, 2.24) is 19.7 Å². The van der Waals surface area contributed by atoms with Crippen LogP contribution in [-0.4, -0.2) is 31.3 Å². The maximum Gasteiger partial charge on any atom is 0.191 e. The average Bonchev–Trinajstić information content (AvgIpc) is 2.87. The molecule has 2 aromatic rings. The van der Waals surface area contributed by atoms with E-state index in [2.05, 4.69) is 15.2 Å². The van der Waals surface area contributed by atoms with Crippen LogP contribution in [0.2, 0.25) is 0 Å².